The standard InChI is InChI=1S/C7H7O7P/c8-7-10-5-6(14-7)1-2-11-15(9)12-3-4-13-15/h1-2,5H,3-4H2/b2-1+. The molecule has 15 heavy (non-hydrogen) atoms. The molecular weight excluding hydrogens is 227 g/mol. The first-order chi connectivity index (χ1) is 7.18. The van der Waals surface area contributed by atoms with Gasteiger partial charge in [0.2, 0.25) is 0 Å². The van der Waals surface area contributed by atoms with Gasteiger partial charge in [-0.2, -0.15) is 0 Å². The SMILES string of the molecule is O=c1occ(/C=C/OP2(=O)OCCO2)o1. The van der Waals surface area contributed by atoms with Crippen LogP contribution in [0.1, 0.15) is 5.76 Å². The molecule has 0 radical (unpaired) electrons. The zero-order valence-corrected chi connectivity index (χ0v) is 8.35. The Bertz CT molecular complexity index is 446. The van der Waals surface area contributed by atoms with Crippen molar-refractivity contribution in [3.63, 3.8) is 0 Å². The van der Waals surface area contributed by atoms with Gasteiger partial charge in [0, 0.05) is 6.08 Å². The Balaban J connectivity index is 1.95. The Kier molecular flexibility index (Phi) is 2.77. The van der Waals surface area contributed by atoms with Crippen molar-refractivity contribution in [2.24, 2.45) is 0 Å². The molecule has 2 heterocycles. The van der Waals surface area contributed by atoms with E-state index in [4.69, 9.17) is 13.6 Å². The van der Waals surface area contributed by atoms with Crippen LogP contribution in [0.5, 0.6) is 0 Å². The fourth-order valence-electron chi connectivity index (χ4n) is 0.892. The first kappa shape index (κ1) is 10.2. The van der Waals surface area contributed by atoms with Crippen molar-refractivity contribution in [2.45, 2.75) is 0 Å². The molecule has 82 valence electrons. The smallest absolute Gasteiger partial charge is 0.412 e. The van der Waals surface area contributed by atoms with Crippen molar-refractivity contribution >= 4 is 13.9 Å². The molecular formula is C7H7O7P. The molecule has 0 unspecified atom stereocenters. The molecule has 0 atom stereocenters. The second-order valence-corrected chi connectivity index (χ2v) is 4.13. The van der Waals surface area contributed by atoms with Crippen molar-refractivity contribution in [3.05, 3.63) is 28.9 Å². The number of phosphoric acid groups is 1. The second-order valence-electron chi connectivity index (χ2n) is 2.51. The predicted octanol–water partition coefficient (Wildman–Crippen LogP) is 1.37. The Morgan fingerprint density at radius 3 is 2.73 bits per heavy atom. The molecule has 1 aromatic rings. The summed E-state index contributed by atoms with van der Waals surface area (Å²) in [6.07, 6.45) is 3.41. The van der Waals surface area contributed by atoms with E-state index in [1.54, 1.807) is 0 Å². The van der Waals surface area contributed by atoms with Crippen LogP contribution < -0.4 is 5.82 Å². The van der Waals surface area contributed by atoms with Crippen molar-refractivity contribution in [1.82, 2.24) is 0 Å². The molecule has 0 N–H and O–H groups in total. The zero-order chi connectivity index (χ0) is 10.7. The van der Waals surface area contributed by atoms with Crippen molar-refractivity contribution < 1.29 is 27.0 Å². The van der Waals surface area contributed by atoms with Crippen LogP contribution in [0.25, 0.3) is 6.08 Å². The molecule has 0 saturated carbocycles. The molecule has 0 amide bonds. The summed E-state index contributed by atoms with van der Waals surface area (Å²) in [4.78, 5) is 10.5. The third kappa shape index (κ3) is 2.59. The monoisotopic (exact) mass is 234 g/mol. The number of hydrogen-bond donors (Lipinski definition) is 0. The van der Waals surface area contributed by atoms with Crippen LogP contribution in [-0.2, 0) is 18.1 Å². The van der Waals surface area contributed by atoms with E-state index in [2.05, 4.69) is 8.83 Å². The van der Waals surface area contributed by atoms with Gasteiger partial charge in [-0.25, -0.2) is 9.36 Å². The Hall–Kier alpha value is -1.30. The highest BCUT2D eigenvalue weighted by Gasteiger charge is 2.32. The molecule has 0 aromatic carbocycles. The third-order valence-electron chi connectivity index (χ3n) is 1.48. The van der Waals surface area contributed by atoms with Gasteiger partial charge in [0.15, 0.2) is 5.76 Å². The van der Waals surface area contributed by atoms with Gasteiger partial charge in [-0.05, 0) is 0 Å². The minimum Gasteiger partial charge on any atom is -0.412 e. The van der Waals surface area contributed by atoms with Crippen LogP contribution >= 0.6 is 7.82 Å². The Morgan fingerprint density at radius 2 is 2.13 bits per heavy atom. The van der Waals surface area contributed by atoms with E-state index in [1.165, 1.54) is 6.08 Å². The maximum Gasteiger partial charge on any atom is 0.529 e. The van der Waals surface area contributed by atoms with Crippen LogP contribution in [0.3, 0.4) is 0 Å². The quantitative estimate of drug-likeness (QED) is 0.576. The lowest BCUT2D eigenvalue weighted by Crippen LogP contribution is -1.85. The van der Waals surface area contributed by atoms with Crippen LogP contribution in [0.2, 0.25) is 0 Å². The molecule has 1 aliphatic heterocycles. The van der Waals surface area contributed by atoms with Crippen molar-refractivity contribution in [3.8, 4) is 0 Å². The summed E-state index contributed by atoms with van der Waals surface area (Å²) >= 11 is 0. The predicted molar refractivity (Wildman–Crippen MR) is 46.9 cm³/mol. The van der Waals surface area contributed by atoms with E-state index >= 15 is 0 Å². The second kappa shape index (κ2) is 4.06. The average Bonchev–Trinajstić information content (AvgIpc) is 2.76. The first-order valence-corrected chi connectivity index (χ1v) is 5.47. The summed E-state index contributed by atoms with van der Waals surface area (Å²) in [5.74, 6) is -0.680. The minimum absolute atomic E-state index is 0.144. The number of hydrogen-bond acceptors (Lipinski definition) is 7. The van der Waals surface area contributed by atoms with E-state index in [9.17, 15) is 9.36 Å². The molecule has 8 heteroatoms. The molecule has 1 aromatic heterocycles. The molecule has 1 saturated heterocycles. The highest BCUT2D eigenvalue weighted by Crippen LogP contribution is 2.52. The Morgan fingerprint density at radius 1 is 1.40 bits per heavy atom. The third-order valence-corrected chi connectivity index (χ3v) is 2.85. The van der Waals surface area contributed by atoms with Crippen LogP contribution in [0.4, 0.5) is 0 Å². The summed E-state index contributed by atoms with van der Waals surface area (Å²) < 4.78 is 34.4. The van der Waals surface area contributed by atoms with Gasteiger partial charge in [0.25, 0.3) is 0 Å². The van der Waals surface area contributed by atoms with Gasteiger partial charge in [-0.1, -0.05) is 0 Å². The average molecular weight is 234 g/mol. The van der Waals surface area contributed by atoms with E-state index < -0.39 is 13.6 Å². The summed E-state index contributed by atoms with van der Waals surface area (Å²) in [6.45, 7) is 0.456. The van der Waals surface area contributed by atoms with E-state index in [0.717, 1.165) is 12.5 Å². The van der Waals surface area contributed by atoms with E-state index in [0.29, 0.717) is 0 Å². The summed E-state index contributed by atoms with van der Waals surface area (Å²) in [7, 11) is -3.44. The molecule has 1 fully saturated rings. The van der Waals surface area contributed by atoms with Gasteiger partial charge in [-0.15, -0.1) is 0 Å². The minimum atomic E-state index is -3.44. The van der Waals surface area contributed by atoms with Gasteiger partial charge in [0.1, 0.15) is 6.26 Å². The number of phosphoric ester groups is 1. The van der Waals surface area contributed by atoms with E-state index in [1.807, 2.05) is 0 Å². The fourth-order valence-corrected chi connectivity index (χ4v) is 1.89. The van der Waals surface area contributed by atoms with Gasteiger partial charge in [-0.3, -0.25) is 9.05 Å². The molecule has 0 bridgehead atoms. The normalized spacial score (nSPS) is 19.7. The fraction of sp³-hybridized carbons (Fsp3) is 0.286. The van der Waals surface area contributed by atoms with Crippen molar-refractivity contribution in [1.29, 1.82) is 0 Å². The maximum atomic E-state index is 11.4. The van der Waals surface area contributed by atoms with Gasteiger partial charge < -0.3 is 13.4 Å². The largest absolute Gasteiger partial charge is 0.529 e. The summed E-state index contributed by atoms with van der Waals surface area (Å²) in [5, 5.41) is 0. The molecule has 0 aliphatic carbocycles. The highest BCUT2D eigenvalue weighted by atomic mass is 31.2. The lowest BCUT2D eigenvalue weighted by Gasteiger charge is -2.05. The lowest BCUT2D eigenvalue weighted by molar-refractivity contribution is 0.248. The highest BCUT2D eigenvalue weighted by molar-refractivity contribution is 7.48. The molecule has 0 spiro atoms. The van der Waals surface area contributed by atoms with E-state index in [-0.39, 0.29) is 19.0 Å². The van der Waals surface area contributed by atoms with Gasteiger partial charge in [0.05, 0.1) is 19.5 Å². The van der Waals surface area contributed by atoms with Crippen LogP contribution in [-0.4, -0.2) is 13.2 Å². The summed E-state index contributed by atoms with van der Waals surface area (Å²) in [5.41, 5.74) is 0. The molecule has 7 nitrogen and oxygen atoms in total. The van der Waals surface area contributed by atoms with Crippen LogP contribution in [0.15, 0.2) is 26.2 Å². The summed E-state index contributed by atoms with van der Waals surface area (Å²) in [6, 6.07) is 0. The topological polar surface area (TPSA) is 88.1 Å². The molecule has 1 aliphatic rings. The molecule has 2 rings (SSSR count). The lowest BCUT2D eigenvalue weighted by atomic mass is 10.5. The first-order valence-electron chi connectivity index (χ1n) is 4.01. The number of rotatable bonds is 3. The maximum absolute atomic E-state index is 11.4. The van der Waals surface area contributed by atoms with Crippen molar-refractivity contribution in [2.75, 3.05) is 13.2 Å². The zero-order valence-electron chi connectivity index (χ0n) is 7.45. The van der Waals surface area contributed by atoms with Crippen LogP contribution in [0, 0.1) is 0 Å². The Labute approximate surface area is 83.8 Å². The van der Waals surface area contributed by atoms with Gasteiger partial charge >= 0.3 is 13.6 Å².